The van der Waals surface area contributed by atoms with Gasteiger partial charge in [0.2, 0.25) is 5.91 Å². The van der Waals surface area contributed by atoms with Crippen LogP contribution in [0.15, 0.2) is 0 Å². The lowest BCUT2D eigenvalue weighted by atomic mass is 10.2. The molecule has 0 saturated carbocycles. The average Bonchev–Trinajstić information content (AvgIpc) is 1.80. The molecule has 0 aliphatic heterocycles. The lowest BCUT2D eigenvalue weighted by molar-refractivity contribution is -0.122. The van der Waals surface area contributed by atoms with Gasteiger partial charge in [-0.3, -0.25) is 4.79 Å². The van der Waals surface area contributed by atoms with Crippen LogP contribution in [0.1, 0.15) is 13.8 Å². The molecule has 3 nitrogen and oxygen atoms in total. The summed E-state index contributed by atoms with van der Waals surface area (Å²) in [6, 6.07) is 0. The van der Waals surface area contributed by atoms with Gasteiger partial charge in [0.25, 0.3) is 0 Å². The molecule has 0 bridgehead atoms. The largest absolute Gasteiger partial charge is 0.395 e. The van der Waals surface area contributed by atoms with Crippen molar-refractivity contribution in [3.63, 3.8) is 0 Å². The Morgan fingerprint density at radius 3 is 2.50 bits per heavy atom. The first-order valence-electron chi connectivity index (χ1n) is 3.06. The van der Waals surface area contributed by atoms with Crippen LogP contribution >= 0.6 is 15.9 Å². The molecule has 0 saturated heterocycles. The normalized spacial score (nSPS) is 11.2. The molecule has 0 aliphatic carbocycles. The number of aliphatic hydroxyl groups is 1. The van der Waals surface area contributed by atoms with Crippen LogP contribution < -0.4 is 5.32 Å². The third kappa shape index (κ3) is 3.85. The second-order valence-electron chi connectivity index (χ2n) is 2.45. The smallest absolute Gasteiger partial charge is 0.236 e. The molecule has 2 N–H and O–H groups in total. The second kappa shape index (κ2) is 3.93. The lowest BCUT2D eigenvalue weighted by Crippen LogP contribution is -2.38. The van der Waals surface area contributed by atoms with Gasteiger partial charge in [0.05, 0.1) is 10.9 Å². The Balaban J connectivity index is 3.64. The highest BCUT2D eigenvalue weighted by Crippen LogP contribution is 2.14. The van der Waals surface area contributed by atoms with Gasteiger partial charge in [-0.05, 0) is 13.8 Å². The molecule has 0 aromatic rings. The number of nitrogens with one attached hydrogen (secondary N) is 1. The summed E-state index contributed by atoms with van der Waals surface area (Å²) in [6.45, 7) is 3.79. The highest BCUT2D eigenvalue weighted by atomic mass is 79.9. The molecule has 1 amide bonds. The number of carbonyl (C=O) groups excluding carboxylic acids is 1. The molecule has 0 unspecified atom stereocenters. The van der Waals surface area contributed by atoms with E-state index in [-0.39, 0.29) is 12.5 Å². The standard InChI is InChI=1S/C6H12BrNO2/c1-6(2,7)5(10)8-3-4-9/h9H,3-4H2,1-2H3,(H,8,10). The van der Waals surface area contributed by atoms with Gasteiger partial charge >= 0.3 is 0 Å². The first-order valence-corrected chi connectivity index (χ1v) is 3.86. The maximum absolute atomic E-state index is 11.0. The van der Waals surface area contributed by atoms with Crippen molar-refractivity contribution in [2.45, 2.75) is 18.2 Å². The van der Waals surface area contributed by atoms with Crippen LogP contribution in [0.2, 0.25) is 0 Å². The summed E-state index contributed by atoms with van der Waals surface area (Å²) in [6.07, 6.45) is 0. The van der Waals surface area contributed by atoms with E-state index in [1.807, 2.05) is 0 Å². The molecule has 0 rings (SSSR count). The number of amides is 1. The number of aliphatic hydroxyl groups excluding tert-OH is 1. The summed E-state index contributed by atoms with van der Waals surface area (Å²) < 4.78 is -0.540. The number of carbonyl (C=O) groups is 1. The maximum atomic E-state index is 11.0. The molecule has 0 heterocycles. The molecule has 4 heteroatoms. The van der Waals surface area contributed by atoms with Gasteiger partial charge < -0.3 is 10.4 Å². The zero-order valence-electron chi connectivity index (χ0n) is 6.15. The molecular weight excluding hydrogens is 198 g/mol. The van der Waals surface area contributed by atoms with E-state index in [4.69, 9.17) is 5.11 Å². The van der Waals surface area contributed by atoms with Crippen LogP contribution in [0.4, 0.5) is 0 Å². The number of hydrogen-bond acceptors (Lipinski definition) is 2. The summed E-state index contributed by atoms with van der Waals surface area (Å²) >= 11 is 3.18. The molecule has 0 spiro atoms. The summed E-state index contributed by atoms with van der Waals surface area (Å²) in [5, 5.41) is 10.9. The van der Waals surface area contributed by atoms with Gasteiger partial charge in [-0.2, -0.15) is 0 Å². The average molecular weight is 210 g/mol. The quantitative estimate of drug-likeness (QED) is 0.657. The minimum absolute atomic E-state index is 0.0190. The minimum Gasteiger partial charge on any atom is -0.395 e. The van der Waals surface area contributed by atoms with Crippen molar-refractivity contribution in [3.05, 3.63) is 0 Å². The van der Waals surface area contributed by atoms with Crippen molar-refractivity contribution >= 4 is 21.8 Å². The summed E-state index contributed by atoms with van der Waals surface area (Å²) in [4.78, 5) is 11.0. The first-order chi connectivity index (χ1) is 4.48. The molecule has 0 aromatic carbocycles. The molecule has 0 aliphatic rings. The highest BCUT2D eigenvalue weighted by Gasteiger charge is 2.22. The Bertz CT molecular complexity index is 119. The van der Waals surface area contributed by atoms with E-state index in [9.17, 15) is 4.79 Å². The molecule has 60 valence electrons. The maximum Gasteiger partial charge on any atom is 0.236 e. The van der Waals surface area contributed by atoms with Crippen molar-refractivity contribution in [1.29, 1.82) is 0 Å². The molecule has 10 heavy (non-hydrogen) atoms. The molecule has 0 radical (unpaired) electrons. The third-order valence-electron chi connectivity index (χ3n) is 0.937. The lowest BCUT2D eigenvalue weighted by Gasteiger charge is -2.14. The van der Waals surface area contributed by atoms with Crippen LogP contribution in [-0.2, 0) is 4.79 Å². The molecule has 0 atom stereocenters. The van der Waals surface area contributed by atoms with Crippen LogP contribution in [0, 0.1) is 0 Å². The van der Waals surface area contributed by atoms with E-state index in [0.717, 1.165) is 0 Å². The Labute approximate surface area is 68.9 Å². The number of hydrogen-bond donors (Lipinski definition) is 2. The predicted molar refractivity (Wildman–Crippen MR) is 43.1 cm³/mol. The van der Waals surface area contributed by atoms with E-state index >= 15 is 0 Å². The molecule has 0 aromatic heterocycles. The number of rotatable bonds is 3. The van der Waals surface area contributed by atoms with Crippen LogP contribution in [-0.4, -0.2) is 28.5 Å². The second-order valence-corrected chi connectivity index (χ2v) is 4.43. The minimum atomic E-state index is -0.540. The monoisotopic (exact) mass is 209 g/mol. The van der Waals surface area contributed by atoms with Crippen LogP contribution in [0.5, 0.6) is 0 Å². The number of halogens is 1. The van der Waals surface area contributed by atoms with Crippen molar-refractivity contribution in [2.24, 2.45) is 0 Å². The predicted octanol–water partition coefficient (Wildman–Crippen LogP) is 0.268. The Hall–Kier alpha value is -0.0900. The Morgan fingerprint density at radius 1 is 1.70 bits per heavy atom. The zero-order chi connectivity index (χ0) is 8.20. The fourth-order valence-electron chi connectivity index (χ4n) is 0.380. The van der Waals surface area contributed by atoms with Crippen molar-refractivity contribution in [2.75, 3.05) is 13.2 Å². The fraction of sp³-hybridized carbons (Fsp3) is 0.833. The van der Waals surface area contributed by atoms with Gasteiger partial charge in [-0.15, -0.1) is 0 Å². The zero-order valence-corrected chi connectivity index (χ0v) is 7.73. The SMILES string of the molecule is CC(C)(Br)C(=O)NCCO. The van der Waals surface area contributed by atoms with Gasteiger partial charge in [-0.1, -0.05) is 15.9 Å². The summed E-state index contributed by atoms with van der Waals surface area (Å²) in [5.41, 5.74) is 0. The Kier molecular flexibility index (Phi) is 3.89. The van der Waals surface area contributed by atoms with Crippen LogP contribution in [0.3, 0.4) is 0 Å². The van der Waals surface area contributed by atoms with Crippen molar-refractivity contribution in [1.82, 2.24) is 5.32 Å². The fourth-order valence-corrected chi connectivity index (χ4v) is 0.520. The highest BCUT2D eigenvalue weighted by molar-refractivity contribution is 9.10. The topological polar surface area (TPSA) is 49.3 Å². The van der Waals surface area contributed by atoms with Crippen LogP contribution in [0.25, 0.3) is 0 Å². The van der Waals surface area contributed by atoms with Crippen molar-refractivity contribution in [3.8, 4) is 0 Å². The van der Waals surface area contributed by atoms with Gasteiger partial charge in [0, 0.05) is 6.54 Å². The Morgan fingerprint density at radius 2 is 2.20 bits per heavy atom. The van der Waals surface area contributed by atoms with Gasteiger partial charge in [-0.25, -0.2) is 0 Å². The third-order valence-corrected chi connectivity index (χ3v) is 1.30. The van der Waals surface area contributed by atoms with E-state index in [1.165, 1.54) is 0 Å². The van der Waals surface area contributed by atoms with E-state index in [1.54, 1.807) is 13.8 Å². The summed E-state index contributed by atoms with van der Waals surface area (Å²) in [5.74, 6) is -0.110. The van der Waals surface area contributed by atoms with E-state index in [0.29, 0.717) is 6.54 Å². The van der Waals surface area contributed by atoms with E-state index < -0.39 is 4.32 Å². The van der Waals surface area contributed by atoms with E-state index in [2.05, 4.69) is 21.2 Å². The van der Waals surface area contributed by atoms with Crippen molar-refractivity contribution < 1.29 is 9.90 Å². The number of alkyl halides is 1. The van der Waals surface area contributed by atoms with Gasteiger partial charge in [0.15, 0.2) is 0 Å². The van der Waals surface area contributed by atoms with Gasteiger partial charge in [0.1, 0.15) is 0 Å². The first kappa shape index (κ1) is 9.91. The molecular formula is C6H12BrNO2. The molecule has 0 fully saturated rings. The summed E-state index contributed by atoms with van der Waals surface area (Å²) in [7, 11) is 0.